The Balaban J connectivity index is 1.78. The highest BCUT2D eigenvalue weighted by Crippen LogP contribution is 2.39. The highest BCUT2D eigenvalue weighted by molar-refractivity contribution is 5.57. The lowest BCUT2D eigenvalue weighted by atomic mass is 10.1. The van der Waals surface area contributed by atoms with Crippen LogP contribution < -0.4 is 10.6 Å². The number of rotatable bonds is 5. The van der Waals surface area contributed by atoms with E-state index in [2.05, 4.69) is 34.4 Å². The van der Waals surface area contributed by atoms with E-state index in [9.17, 15) is 0 Å². The van der Waals surface area contributed by atoms with Gasteiger partial charge in [0, 0.05) is 31.1 Å². The molecule has 2 N–H and O–H groups in total. The fraction of sp³-hybridized carbons (Fsp3) is 0.750. The zero-order valence-corrected chi connectivity index (χ0v) is 13.4. The van der Waals surface area contributed by atoms with E-state index < -0.39 is 0 Å². The van der Waals surface area contributed by atoms with Crippen LogP contribution in [0.2, 0.25) is 0 Å². The third kappa shape index (κ3) is 3.28. The molecule has 2 heterocycles. The summed E-state index contributed by atoms with van der Waals surface area (Å²) < 4.78 is 0. The molecule has 0 amide bonds. The average molecular weight is 289 g/mol. The molecule has 5 nitrogen and oxygen atoms in total. The smallest absolute Gasteiger partial charge is 0.136 e. The van der Waals surface area contributed by atoms with Crippen molar-refractivity contribution in [1.82, 2.24) is 14.9 Å². The van der Waals surface area contributed by atoms with Crippen molar-refractivity contribution in [2.24, 2.45) is 0 Å². The second-order valence-electron chi connectivity index (χ2n) is 6.31. The fourth-order valence-corrected chi connectivity index (χ4v) is 3.10. The molecule has 1 saturated heterocycles. The first kappa shape index (κ1) is 14.6. The highest BCUT2D eigenvalue weighted by atomic mass is 15.2. The SMILES string of the molecule is CCN1CCCC(Nc2nc(C3CC3)nc(NC)c2C)C1. The number of likely N-dealkylation sites (N-methyl/N-ethyl adjacent to an activating group) is 1. The summed E-state index contributed by atoms with van der Waals surface area (Å²) in [6.07, 6.45) is 4.97. The van der Waals surface area contributed by atoms with Gasteiger partial charge in [-0.15, -0.1) is 0 Å². The maximum absolute atomic E-state index is 4.81. The average Bonchev–Trinajstić information content (AvgIpc) is 3.34. The van der Waals surface area contributed by atoms with E-state index in [0.717, 1.165) is 36.1 Å². The van der Waals surface area contributed by atoms with Crippen LogP contribution in [0, 0.1) is 6.92 Å². The van der Waals surface area contributed by atoms with Gasteiger partial charge in [-0.25, -0.2) is 9.97 Å². The molecule has 5 heteroatoms. The molecule has 1 saturated carbocycles. The Bertz CT molecular complexity index is 498. The van der Waals surface area contributed by atoms with Crippen molar-refractivity contribution >= 4 is 11.6 Å². The predicted molar refractivity (Wildman–Crippen MR) is 87.0 cm³/mol. The second kappa shape index (κ2) is 6.18. The van der Waals surface area contributed by atoms with Gasteiger partial charge in [-0.3, -0.25) is 0 Å². The predicted octanol–water partition coefficient (Wildman–Crippen LogP) is 2.60. The molecule has 0 radical (unpaired) electrons. The van der Waals surface area contributed by atoms with Gasteiger partial charge < -0.3 is 15.5 Å². The molecule has 3 rings (SSSR count). The summed E-state index contributed by atoms with van der Waals surface area (Å²) in [4.78, 5) is 12.0. The van der Waals surface area contributed by atoms with Crippen molar-refractivity contribution in [3.8, 4) is 0 Å². The van der Waals surface area contributed by atoms with Crippen molar-refractivity contribution in [3.63, 3.8) is 0 Å². The largest absolute Gasteiger partial charge is 0.373 e. The molecule has 1 atom stereocenters. The maximum atomic E-state index is 4.81. The minimum atomic E-state index is 0.504. The van der Waals surface area contributed by atoms with Crippen LogP contribution in [0.5, 0.6) is 0 Å². The maximum Gasteiger partial charge on any atom is 0.136 e. The van der Waals surface area contributed by atoms with Gasteiger partial charge in [0.05, 0.1) is 0 Å². The van der Waals surface area contributed by atoms with E-state index >= 15 is 0 Å². The Morgan fingerprint density at radius 1 is 1.19 bits per heavy atom. The fourth-order valence-electron chi connectivity index (χ4n) is 3.10. The van der Waals surface area contributed by atoms with Gasteiger partial charge in [-0.2, -0.15) is 0 Å². The summed E-state index contributed by atoms with van der Waals surface area (Å²) in [5.74, 6) is 3.59. The van der Waals surface area contributed by atoms with Gasteiger partial charge in [0.1, 0.15) is 17.5 Å². The van der Waals surface area contributed by atoms with Crippen LogP contribution >= 0.6 is 0 Å². The van der Waals surface area contributed by atoms with Crippen molar-refractivity contribution in [2.75, 3.05) is 37.3 Å². The van der Waals surface area contributed by atoms with Gasteiger partial charge in [-0.1, -0.05) is 6.92 Å². The van der Waals surface area contributed by atoms with Crippen LogP contribution in [-0.4, -0.2) is 47.6 Å². The van der Waals surface area contributed by atoms with Crippen molar-refractivity contribution in [1.29, 1.82) is 0 Å². The third-order valence-corrected chi connectivity index (χ3v) is 4.64. The van der Waals surface area contributed by atoms with E-state index in [1.54, 1.807) is 0 Å². The van der Waals surface area contributed by atoms with Crippen molar-refractivity contribution < 1.29 is 0 Å². The Kier molecular flexibility index (Phi) is 4.29. The summed E-state index contributed by atoms with van der Waals surface area (Å²) in [5, 5.41) is 6.89. The first-order valence-electron chi connectivity index (χ1n) is 8.26. The molecule has 0 spiro atoms. The number of nitrogens with one attached hydrogen (secondary N) is 2. The van der Waals surface area contributed by atoms with Crippen LogP contribution in [0.1, 0.15) is 49.9 Å². The zero-order valence-electron chi connectivity index (χ0n) is 13.4. The van der Waals surface area contributed by atoms with Crippen LogP contribution in [0.3, 0.4) is 0 Å². The van der Waals surface area contributed by atoms with Gasteiger partial charge in [0.15, 0.2) is 0 Å². The lowest BCUT2D eigenvalue weighted by Gasteiger charge is -2.33. The van der Waals surface area contributed by atoms with E-state index in [0.29, 0.717) is 12.0 Å². The zero-order chi connectivity index (χ0) is 14.8. The molecule has 21 heavy (non-hydrogen) atoms. The Morgan fingerprint density at radius 2 is 1.95 bits per heavy atom. The van der Waals surface area contributed by atoms with E-state index in [4.69, 9.17) is 4.98 Å². The molecular weight excluding hydrogens is 262 g/mol. The molecule has 116 valence electrons. The van der Waals surface area contributed by atoms with Gasteiger partial charge in [0.25, 0.3) is 0 Å². The highest BCUT2D eigenvalue weighted by Gasteiger charge is 2.28. The van der Waals surface area contributed by atoms with Crippen LogP contribution in [0.25, 0.3) is 0 Å². The summed E-state index contributed by atoms with van der Waals surface area (Å²) in [7, 11) is 1.94. The van der Waals surface area contributed by atoms with Crippen LogP contribution in [0.4, 0.5) is 11.6 Å². The Hall–Kier alpha value is -1.36. The van der Waals surface area contributed by atoms with Crippen LogP contribution in [0.15, 0.2) is 0 Å². The molecular formula is C16H27N5. The minimum absolute atomic E-state index is 0.504. The van der Waals surface area contributed by atoms with Gasteiger partial charge in [-0.05, 0) is 45.7 Å². The number of hydrogen-bond donors (Lipinski definition) is 2. The van der Waals surface area contributed by atoms with E-state index in [1.807, 2.05) is 7.05 Å². The normalized spacial score (nSPS) is 23.1. The second-order valence-corrected chi connectivity index (χ2v) is 6.31. The van der Waals surface area contributed by atoms with Crippen molar-refractivity contribution in [3.05, 3.63) is 11.4 Å². The number of hydrogen-bond acceptors (Lipinski definition) is 5. The van der Waals surface area contributed by atoms with E-state index in [-0.39, 0.29) is 0 Å². The quantitative estimate of drug-likeness (QED) is 0.872. The first-order chi connectivity index (χ1) is 10.2. The molecule has 1 unspecified atom stereocenters. The van der Waals surface area contributed by atoms with Gasteiger partial charge in [0.2, 0.25) is 0 Å². The number of likely N-dealkylation sites (tertiary alicyclic amines) is 1. The summed E-state index contributed by atoms with van der Waals surface area (Å²) in [5.41, 5.74) is 1.13. The topological polar surface area (TPSA) is 53.1 Å². The van der Waals surface area contributed by atoms with Crippen LogP contribution in [-0.2, 0) is 0 Å². The molecule has 2 aliphatic rings. The number of nitrogens with zero attached hydrogens (tertiary/aromatic N) is 3. The van der Waals surface area contributed by atoms with E-state index in [1.165, 1.54) is 32.2 Å². The first-order valence-corrected chi connectivity index (χ1v) is 8.26. The van der Waals surface area contributed by atoms with Crippen molar-refractivity contribution in [2.45, 2.75) is 51.5 Å². The Morgan fingerprint density at radius 3 is 2.62 bits per heavy atom. The summed E-state index contributed by atoms with van der Waals surface area (Å²) in [6.45, 7) is 7.82. The molecule has 2 fully saturated rings. The summed E-state index contributed by atoms with van der Waals surface area (Å²) >= 11 is 0. The summed E-state index contributed by atoms with van der Waals surface area (Å²) in [6, 6.07) is 0.504. The number of aromatic nitrogens is 2. The van der Waals surface area contributed by atoms with Gasteiger partial charge >= 0.3 is 0 Å². The molecule has 1 aromatic rings. The number of anilines is 2. The molecule has 1 aromatic heterocycles. The monoisotopic (exact) mass is 289 g/mol. The minimum Gasteiger partial charge on any atom is -0.373 e. The molecule has 0 aromatic carbocycles. The third-order valence-electron chi connectivity index (χ3n) is 4.64. The standard InChI is InChI=1S/C16H27N5/c1-4-21-9-5-6-13(10-21)18-15-11(2)14(17-3)19-16(20-15)12-7-8-12/h12-13H,4-10H2,1-3H3,(H2,17,18,19,20). The lowest BCUT2D eigenvalue weighted by molar-refractivity contribution is 0.226. The lowest BCUT2D eigenvalue weighted by Crippen LogP contribution is -2.42. The molecule has 0 bridgehead atoms. The number of piperidine rings is 1. The Labute approximate surface area is 127 Å². The molecule has 1 aliphatic heterocycles. The molecule has 1 aliphatic carbocycles.